The second-order valence-electron chi connectivity index (χ2n) is 10.8. The largest absolute Gasteiger partial charge is 0.352 e. The molecule has 2 aromatic carbocycles. The molecular weight excluding hydrogens is 456 g/mol. The average Bonchev–Trinajstić information content (AvgIpc) is 2.84. The van der Waals surface area contributed by atoms with Crippen molar-refractivity contribution in [2.24, 2.45) is 0 Å². The number of aryl methyl sites for hydroxylation is 1. The van der Waals surface area contributed by atoms with Gasteiger partial charge in [0.25, 0.3) is 0 Å². The van der Waals surface area contributed by atoms with E-state index in [0.717, 1.165) is 36.8 Å². The van der Waals surface area contributed by atoms with Crippen LogP contribution in [-0.2, 0) is 28.0 Å². The third-order valence-electron chi connectivity index (χ3n) is 7.08. The lowest BCUT2D eigenvalue weighted by Gasteiger charge is -2.33. The van der Waals surface area contributed by atoms with E-state index in [-0.39, 0.29) is 23.3 Å². The van der Waals surface area contributed by atoms with Crippen LogP contribution in [0.25, 0.3) is 0 Å². The molecule has 3 rings (SSSR count). The summed E-state index contributed by atoms with van der Waals surface area (Å²) in [4.78, 5) is 28.6. The number of carbonyl (C=O) groups is 2. The molecule has 1 saturated carbocycles. The van der Waals surface area contributed by atoms with Crippen LogP contribution in [0.2, 0.25) is 5.02 Å². The van der Waals surface area contributed by atoms with Crippen molar-refractivity contribution in [1.82, 2.24) is 10.2 Å². The molecule has 0 unspecified atom stereocenters. The lowest BCUT2D eigenvalue weighted by Crippen LogP contribution is -2.51. The molecular formula is C30H41ClN2O2. The first kappa shape index (κ1) is 27.3. The van der Waals surface area contributed by atoms with Gasteiger partial charge >= 0.3 is 0 Å². The van der Waals surface area contributed by atoms with Crippen LogP contribution in [-0.4, -0.2) is 28.8 Å². The van der Waals surface area contributed by atoms with E-state index in [1.54, 1.807) is 4.90 Å². The normalized spacial score (nSPS) is 15.5. The number of hydrogen-bond acceptors (Lipinski definition) is 2. The molecule has 5 heteroatoms. The summed E-state index contributed by atoms with van der Waals surface area (Å²) >= 11 is 6.44. The van der Waals surface area contributed by atoms with Crippen LogP contribution < -0.4 is 5.32 Å². The van der Waals surface area contributed by atoms with Crippen molar-refractivity contribution in [2.75, 3.05) is 0 Å². The molecule has 4 nitrogen and oxygen atoms in total. The predicted molar refractivity (Wildman–Crippen MR) is 145 cm³/mol. The molecule has 0 aliphatic heterocycles. The van der Waals surface area contributed by atoms with Crippen molar-refractivity contribution in [3.05, 3.63) is 70.2 Å². The Bertz CT molecular complexity index is 975. The zero-order valence-electron chi connectivity index (χ0n) is 21.8. The molecule has 0 aromatic heterocycles. The number of halogens is 1. The van der Waals surface area contributed by atoms with Gasteiger partial charge in [-0.3, -0.25) is 9.59 Å². The Kier molecular flexibility index (Phi) is 9.80. The second kappa shape index (κ2) is 12.6. The molecule has 1 aliphatic rings. The summed E-state index contributed by atoms with van der Waals surface area (Å²) in [7, 11) is 0. The highest BCUT2D eigenvalue weighted by molar-refractivity contribution is 6.31. The highest BCUT2D eigenvalue weighted by Crippen LogP contribution is 2.24. The summed E-state index contributed by atoms with van der Waals surface area (Å²) in [6.07, 6.45) is 7.13. The van der Waals surface area contributed by atoms with Gasteiger partial charge in [-0.2, -0.15) is 0 Å². The van der Waals surface area contributed by atoms with Gasteiger partial charge < -0.3 is 10.2 Å². The fourth-order valence-corrected chi connectivity index (χ4v) is 5.04. The smallest absolute Gasteiger partial charge is 0.243 e. The molecule has 0 heterocycles. The number of benzene rings is 2. The van der Waals surface area contributed by atoms with Crippen LogP contribution >= 0.6 is 11.6 Å². The predicted octanol–water partition coefficient (Wildman–Crippen LogP) is 6.83. The minimum absolute atomic E-state index is 0.0181. The molecule has 1 aliphatic carbocycles. The van der Waals surface area contributed by atoms with Gasteiger partial charge in [0, 0.05) is 24.0 Å². The number of rotatable bonds is 9. The summed E-state index contributed by atoms with van der Waals surface area (Å²) < 4.78 is 0. The van der Waals surface area contributed by atoms with Gasteiger partial charge in [0.05, 0.1) is 0 Å². The van der Waals surface area contributed by atoms with Gasteiger partial charge in [-0.25, -0.2) is 0 Å². The number of carbonyl (C=O) groups excluding carboxylic acids is 2. The zero-order chi connectivity index (χ0) is 25.4. The van der Waals surface area contributed by atoms with E-state index in [0.29, 0.717) is 30.8 Å². The summed E-state index contributed by atoms with van der Waals surface area (Å²) in [5.74, 6) is -0.0650. The summed E-state index contributed by atoms with van der Waals surface area (Å²) in [5, 5.41) is 3.85. The minimum atomic E-state index is -0.510. The minimum Gasteiger partial charge on any atom is -0.352 e. The second-order valence-corrected chi connectivity index (χ2v) is 11.2. The van der Waals surface area contributed by atoms with E-state index in [1.807, 2.05) is 31.2 Å². The van der Waals surface area contributed by atoms with Crippen LogP contribution in [0.5, 0.6) is 0 Å². The van der Waals surface area contributed by atoms with Crippen molar-refractivity contribution >= 4 is 23.4 Å². The first-order valence-corrected chi connectivity index (χ1v) is 13.5. The van der Waals surface area contributed by atoms with Gasteiger partial charge in [-0.1, -0.05) is 101 Å². The maximum atomic E-state index is 13.6. The zero-order valence-corrected chi connectivity index (χ0v) is 22.5. The van der Waals surface area contributed by atoms with Crippen molar-refractivity contribution in [2.45, 2.75) is 103 Å². The summed E-state index contributed by atoms with van der Waals surface area (Å²) in [6.45, 7) is 8.89. The highest BCUT2D eigenvalue weighted by Gasteiger charge is 2.30. The Labute approximate surface area is 216 Å². The van der Waals surface area contributed by atoms with Crippen molar-refractivity contribution in [1.29, 1.82) is 0 Å². The number of nitrogens with one attached hydrogen (secondary N) is 1. The Hall–Kier alpha value is -2.33. The Morgan fingerprint density at radius 2 is 1.69 bits per heavy atom. The summed E-state index contributed by atoms with van der Waals surface area (Å²) in [5.41, 5.74) is 3.36. The molecule has 1 fully saturated rings. The molecule has 1 atom stereocenters. The third-order valence-corrected chi connectivity index (χ3v) is 7.45. The van der Waals surface area contributed by atoms with E-state index >= 15 is 0 Å². The van der Waals surface area contributed by atoms with Gasteiger partial charge in [0.1, 0.15) is 6.04 Å². The van der Waals surface area contributed by atoms with Crippen LogP contribution in [0.4, 0.5) is 0 Å². The lowest BCUT2D eigenvalue weighted by atomic mass is 9.86. The molecule has 0 spiro atoms. The van der Waals surface area contributed by atoms with Gasteiger partial charge in [-0.05, 0) is 53.9 Å². The first-order chi connectivity index (χ1) is 16.7. The van der Waals surface area contributed by atoms with Crippen LogP contribution in [0.1, 0.15) is 89.3 Å². The molecule has 0 radical (unpaired) electrons. The molecule has 35 heavy (non-hydrogen) atoms. The molecule has 0 saturated heterocycles. The monoisotopic (exact) mass is 496 g/mol. The van der Waals surface area contributed by atoms with E-state index in [9.17, 15) is 9.59 Å². The SMILES string of the molecule is CC[C@@H](C(=O)NC1CCCCC1)N(Cc1ccccc1Cl)C(=O)CCc1ccc(C(C)(C)C)cc1. The van der Waals surface area contributed by atoms with Crippen LogP contribution in [0, 0.1) is 0 Å². The highest BCUT2D eigenvalue weighted by atomic mass is 35.5. The van der Waals surface area contributed by atoms with Gasteiger partial charge in [0.15, 0.2) is 0 Å². The molecule has 2 aromatic rings. The van der Waals surface area contributed by atoms with E-state index in [4.69, 9.17) is 11.6 Å². The molecule has 2 amide bonds. The van der Waals surface area contributed by atoms with Gasteiger partial charge in [-0.15, -0.1) is 0 Å². The standard InChI is InChI=1S/C30H41ClN2O2/c1-5-27(29(35)32-25-12-7-6-8-13-25)33(21-23-11-9-10-14-26(23)31)28(34)20-17-22-15-18-24(19-16-22)30(2,3)4/h9-11,14-16,18-19,25,27H,5-8,12-13,17,20-21H2,1-4H3,(H,32,35)/t27-/m0/s1. The van der Waals surface area contributed by atoms with E-state index in [1.165, 1.54) is 12.0 Å². The van der Waals surface area contributed by atoms with Crippen LogP contribution in [0.15, 0.2) is 48.5 Å². The van der Waals surface area contributed by atoms with Crippen molar-refractivity contribution in [3.63, 3.8) is 0 Å². The number of hydrogen-bond donors (Lipinski definition) is 1. The fraction of sp³-hybridized carbons (Fsp3) is 0.533. The topological polar surface area (TPSA) is 49.4 Å². The van der Waals surface area contributed by atoms with Crippen molar-refractivity contribution < 1.29 is 9.59 Å². The Morgan fingerprint density at radius 1 is 1.03 bits per heavy atom. The molecule has 0 bridgehead atoms. The Morgan fingerprint density at radius 3 is 2.29 bits per heavy atom. The fourth-order valence-electron chi connectivity index (χ4n) is 4.84. The van der Waals surface area contributed by atoms with E-state index in [2.05, 4.69) is 50.4 Å². The Balaban J connectivity index is 1.75. The van der Waals surface area contributed by atoms with Crippen molar-refractivity contribution in [3.8, 4) is 0 Å². The van der Waals surface area contributed by atoms with Crippen LogP contribution in [0.3, 0.4) is 0 Å². The summed E-state index contributed by atoms with van der Waals surface area (Å²) in [6, 6.07) is 15.8. The quantitative estimate of drug-likeness (QED) is 0.413. The van der Waals surface area contributed by atoms with E-state index < -0.39 is 6.04 Å². The number of amides is 2. The average molecular weight is 497 g/mol. The number of nitrogens with zero attached hydrogens (tertiary/aromatic N) is 1. The maximum absolute atomic E-state index is 13.6. The molecule has 190 valence electrons. The molecule has 1 N–H and O–H groups in total. The van der Waals surface area contributed by atoms with Gasteiger partial charge in [0.2, 0.25) is 11.8 Å². The maximum Gasteiger partial charge on any atom is 0.243 e. The third kappa shape index (κ3) is 7.83. The lowest BCUT2D eigenvalue weighted by molar-refractivity contribution is -0.141. The first-order valence-electron chi connectivity index (χ1n) is 13.1.